The lowest BCUT2D eigenvalue weighted by Gasteiger charge is -2.27. The molecule has 1 aliphatic rings. The van der Waals surface area contributed by atoms with Crippen LogP contribution in [0.25, 0.3) is 0 Å². The summed E-state index contributed by atoms with van der Waals surface area (Å²) in [5.74, 6) is -0.241. The molecule has 0 spiro atoms. The molecule has 0 heterocycles. The number of benzene rings is 1. The Balaban J connectivity index is 2.27. The Morgan fingerprint density at radius 1 is 1.29 bits per heavy atom. The summed E-state index contributed by atoms with van der Waals surface area (Å²) in [7, 11) is 0. The second kappa shape index (κ2) is 7.99. The smallest absolute Gasteiger partial charge is 0.385 e. The standard InChI is InChI=1S/C12H19N3O6P2S/c13-22(18,19)24-23(20,14-10-6-2-1-3-7-10)21-12-9-5-4-8-11(12)15(16)17/h4-5,8-10H,1-3,6-7H2,(H,14,20)(H3,13,18,19). The molecule has 4 N–H and O–H groups in total. The Hall–Kier alpha value is -0.890. The molecule has 0 amide bonds. The Kier molecular flexibility index (Phi) is 6.47. The first-order valence-corrected chi connectivity index (χ1v) is 12.7. The van der Waals surface area contributed by atoms with E-state index in [0.717, 1.165) is 32.1 Å². The molecule has 0 aliphatic heterocycles. The zero-order valence-electron chi connectivity index (χ0n) is 12.7. The number of hydrogen-bond donors (Lipinski definition) is 3. The minimum atomic E-state index is -4.23. The molecule has 2 rings (SSSR count). The van der Waals surface area contributed by atoms with Crippen molar-refractivity contribution in [3.8, 4) is 5.75 Å². The van der Waals surface area contributed by atoms with Gasteiger partial charge in [0.15, 0.2) is 0 Å². The number of nitrogens with two attached hydrogens (primary N) is 1. The van der Waals surface area contributed by atoms with Crippen LogP contribution in [0.4, 0.5) is 5.69 Å². The monoisotopic (exact) mass is 395 g/mol. The van der Waals surface area contributed by atoms with Crippen LogP contribution in [0.2, 0.25) is 0 Å². The van der Waals surface area contributed by atoms with Crippen LogP contribution >= 0.6 is 24.4 Å². The van der Waals surface area contributed by atoms with Crippen LogP contribution in [0.1, 0.15) is 32.1 Å². The lowest BCUT2D eigenvalue weighted by atomic mass is 9.96. The molecule has 1 aromatic rings. The van der Waals surface area contributed by atoms with Crippen LogP contribution < -0.4 is 15.1 Å². The van der Waals surface area contributed by atoms with E-state index in [1.165, 1.54) is 24.3 Å². The third-order valence-electron chi connectivity index (χ3n) is 3.45. The van der Waals surface area contributed by atoms with Crippen molar-refractivity contribution in [1.29, 1.82) is 0 Å². The number of nitro groups is 1. The van der Waals surface area contributed by atoms with Gasteiger partial charge in [-0.05, 0) is 18.9 Å². The molecule has 2 unspecified atom stereocenters. The van der Waals surface area contributed by atoms with Gasteiger partial charge in [-0.2, -0.15) is 0 Å². The first-order chi connectivity index (χ1) is 11.2. The molecule has 2 atom stereocenters. The van der Waals surface area contributed by atoms with E-state index in [4.69, 9.17) is 10.0 Å². The molecule has 12 heteroatoms. The fourth-order valence-electron chi connectivity index (χ4n) is 2.49. The highest BCUT2D eigenvalue weighted by atomic mass is 33.1. The average molecular weight is 395 g/mol. The zero-order valence-corrected chi connectivity index (χ0v) is 15.3. The maximum absolute atomic E-state index is 13.0. The third kappa shape index (κ3) is 5.88. The third-order valence-corrected chi connectivity index (χ3v) is 10.9. The van der Waals surface area contributed by atoms with Crippen LogP contribution in [0.5, 0.6) is 5.75 Å². The number of hydrogen-bond acceptors (Lipinski definition) is 6. The van der Waals surface area contributed by atoms with E-state index in [1.54, 1.807) is 0 Å². The molecule has 0 aromatic heterocycles. The molecule has 134 valence electrons. The summed E-state index contributed by atoms with van der Waals surface area (Å²) in [5, 5.41) is 13.8. The summed E-state index contributed by atoms with van der Waals surface area (Å²) in [6.07, 6.45) is 4.42. The van der Waals surface area contributed by atoms with Gasteiger partial charge in [0, 0.05) is 12.1 Å². The molecular formula is C12H19N3O6P2S. The summed E-state index contributed by atoms with van der Waals surface area (Å²) in [6.45, 7) is -8.21. The van der Waals surface area contributed by atoms with Crippen molar-refractivity contribution in [2.75, 3.05) is 0 Å². The highest BCUT2D eigenvalue weighted by Gasteiger charge is 2.38. The van der Waals surface area contributed by atoms with E-state index in [-0.39, 0.29) is 28.5 Å². The second-order valence-electron chi connectivity index (χ2n) is 5.42. The van der Waals surface area contributed by atoms with Gasteiger partial charge in [-0.3, -0.25) is 20.2 Å². The Bertz CT molecular complexity index is 691. The summed E-state index contributed by atoms with van der Waals surface area (Å²) >= 11 is 0.102. The van der Waals surface area contributed by atoms with Crippen molar-refractivity contribution < 1.29 is 23.5 Å². The normalized spacial score (nSPS) is 20.8. The van der Waals surface area contributed by atoms with Crippen LogP contribution in [0.15, 0.2) is 24.3 Å². The largest absolute Gasteiger partial charge is 0.418 e. The van der Waals surface area contributed by atoms with Crippen molar-refractivity contribution in [2.24, 2.45) is 5.50 Å². The van der Waals surface area contributed by atoms with Crippen molar-refractivity contribution in [3.63, 3.8) is 0 Å². The fraction of sp³-hybridized carbons (Fsp3) is 0.500. The van der Waals surface area contributed by atoms with Gasteiger partial charge in [0.05, 0.1) is 15.9 Å². The average Bonchev–Trinajstić information content (AvgIpc) is 2.46. The molecule has 0 saturated heterocycles. The van der Waals surface area contributed by atoms with Gasteiger partial charge in [-0.1, -0.05) is 31.4 Å². The quantitative estimate of drug-likeness (QED) is 0.356. The van der Waals surface area contributed by atoms with Gasteiger partial charge in [-0.15, -0.1) is 0 Å². The van der Waals surface area contributed by atoms with Gasteiger partial charge in [0.2, 0.25) is 5.75 Å². The highest BCUT2D eigenvalue weighted by Crippen LogP contribution is 2.71. The Labute approximate surface area is 143 Å². The molecule has 0 bridgehead atoms. The first-order valence-electron chi connectivity index (χ1n) is 7.32. The minimum absolute atomic E-state index is 0.102. The maximum Gasteiger partial charge on any atom is 0.385 e. The van der Waals surface area contributed by atoms with E-state index in [2.05, 4.69) is 5.09 Å². The van der Waals surface area contributed by atoms with Gasteiger partial charge in [0.1, 0.15) is 0 Å². The van der Waals surface area contributed by atoms with E-state index in [9.17, 15) is 24.1 Å². The molecule has 1 fully saturated rings. The van der Waals surface area contributed by atoms with E-state index in [1.807, 2.05) is 0 Å². The lowest BCUT2D eigenvalue weighted by molar-refractivity contribution is -0.385. The van der Waals surface area contributed by atoms with E-state index in [0.29, 0.717) is 0 Å². The second-order valence-corrected chi connectivity index (χ2v) is 13.1. The van der Waals surface area contributed by atoms with Gasteiger partial charge in [0.25, 0.3) is 0 Å². The fourth-order valence-corrected chi connectivity index (χ4v) is 9.40. The number of nitrogens with zero attached hydrogens (tertiary/aromatic N) is 1. The predicted molar refractivity (Wildman–Crippen MR) is 92.9 cm³/mol. The molecule has 1 aliphatic carbocycles. The topological polar surface area (TPSA) is 145 Å². The van der Waals surface area contributed by atoms with Crippen LogP contribution in [0.3, 0.4) is 0 Å². The van der Waals surface area contributed by atoms with Gasteiger partial charge < -0.3 is 9.42 Å². The van der Waals surface area contributed by atoms with Crippen molar-refractivity contribution in [1.82, 2.24) is 5.09 Å². The number of nitrogens with one attached hydrogen (secondary N) is 1. The molecule has 1 saturated carbocycles. The molecule has 0 radical (unpaired) electrons. The Morgan fingerprint density at radius 3 is 2.50 bits per heavy atom. The number of para-hydroxylation sites is 2. The first kappa shape index (κ1) is 19.4. The molecular weight excluding hydrogens is 376 g/mol. The zero-order chi connectivity index (χ0) is 17.8. The molecule has 1 aromatic carbocycles. The van der Waals surface area contributed by atoms with Crippen LogP contribution in [0, 0.1) is 10.1 Å². The van der Waals surface area contributed by atoms with Crippen LogP contribution in [-0.4, -0.2) is 15.9 Å². The van der Waals surface area contributed by atoms with E-state index < -0.39 is 18.4 Å². The van der Waals surface area contributed by atoms with Gasteiger partial charge >= 0.3 is 19.1 Å². The van der Waals surface area contributed by atoms with Crippen molar-refractivity contribution in [2.45, 2.75) is 38.1 Å². The highest BCUT2D eigenvalue weighted by molar-refractivity contribution is 8.85. The summed E-state index contributed by atoms with van der Waals surface area (Å²) < 4.78 is 29.9. The summed E-state index contributed by atoms with van der Waals surface area (Å²) in [5.41, 5.74) is 4.75. The predicted octanol–water partition coefficient (Wildman–Crippen LogP) is 3.80. The SMILES string of the molecule is NP(=O)(O)SP(=O)(NC1CCCCC1)Oc1ccccc1[N+](=O)[O-]. The summed E-state index contributed by atoms with van der Waals surface area (Å²) in [4.78, 5) is 19.8. The van der Waals surface area contributed by atoms with Crippen molar-refractivity contribution in [3.05, 3.63) is 34.4 Å². The Morgan fingerprint density at radius 2 is 1.92 bits per heavy atom. The number of rotatable bonds is 7. The van der Waals surface area contributed by atoms with E-state index >= 15 is 0 Å². The number of nitro benzene ring substituents is 1. The lowest BCUT2D eigenvalue weighted by Crippen LogP contribution is -2.29. The maximum atomic E-state index is 13.0. The molecule has 24 heavy (non-hydrogen) atoms. The van der Waals surface area contributed by atoms with Crippen LogP contribution in [-0.2, 0) is 9.13 Å². The van der Waals surface area contributed by atoms with Gasteiger partial charge in [-0.25, -0.2) is 9.65 Å². The molecule has 9 nitrogen and oxygen atoms in total. The van der Waals surface area contributed by atoms with Crippen molar-refractivity contribution >= 4 is 30.1 Å². The minimum Gasteiger partial charge on any atom is -0.418 e. The summed E-state index contributed by atoms with van der Waals surface area (Å²) in [6, 6.07) is 5.25.